The van der Waals surface area contributed by atoms with Crippen LogP contribution in [0.15, 0.2) is 0 Å². The van der Waals surface area contributed by atoms with Crippen molar-refractivity contribution in [3.8, 4) is 0 Å². The molecule has 0 saturated carbocycles. The van der Waals surface area contributed by atoms with Crippen LogP contribution in [0.4, 0.5) is 4.79 Å². The van der Waals surface area contributed by atoms with E-state index in [1.165, 1.54) is 4.90 Å². The van der Waals surface area contributed by atoms with Crippen molar-refractivity contribution >= 4 is 29.5 Å². The molecule has 0 spiro atoms. The predicted octanol–water partition coefficient (Wildman–Crippen LogP) is 0.879. The highest BCUT2D eigenvalue weighted by atomic mass is 35.5. The molecule has 102 valence electrons. The Labute approximate surface area is 111 Å². The molecule has 1 saturated heterocycles. The minimum absolute atomic E-state index is 0.0746. The van der Waals surface area contributed by atoms with Crippen molar-refractivity contribution in [2.45, 2.75) is 32.2 Å². The van der Waals surface area contributed by atoms with Gasteiger partial charge in [0, 0.05) is 18.8 Å². The van der Waals surface area contributed by atoms with Crippen molar-refractivity contribution in [1.29, 1.82) is 0 Å². The van der Waals surface area contributed by atoms with Crippen molar-refractivity contribution in [2.24, 2.45) is 0 Å². The van der Waals surface area contributed by atoms with E-state index >= 15 is 0 Å². The highest BCUT2D eigenvalue weighted by Crippen LogP contribution is 2.18. The number of urea groups is 1. The number of imide groups is 1. The van der Waals surface area contributed by atoms with Crippen LogP contribution in [0.3, 0.4) is 0 Å². The van der Waals surface area contributed by atoms with Crippen LogP contribution in [0.25, 0.3) is 0 Å². The van der Waals surface area contributed by atoms with E-state index in [4.69, 9.17) is 16.3 Å². The van der Waals surface area contributed by atoms with Crippen molar-refractivity contribution in [2.75, 3.05) is 19.0 Å². The van der Waals surface area contributed by atoms with Gasteiger partial charge in [0.25, 0.3) is 0 Å². The van der Waals surface area contributed by atoms with Gasteiger partial charge in [0.05, 0.1) is 6.61 Å². The van der Waals surface area contributed by atoms with E-state index in [9.17, 15) is 14.4 Å². The van der Waals surface area contributed by atoms with Crippen molar-refractivity contribution < 1.29 is 19.1 Å². The average molecular weight is 277 g/mol. The number of likely N-dealkylation sites (tertiary alicyclic amines) is 1. The van der Waals surface area contributed by atoms with Crippen LogP contribution < -0.4 is 5.32 Å². The molecule has 3 amide bonds. The van der Waals surface area contributed by atoms with Crippen LogP contribution in [-0.4, -0.2) is 47.9 Å². The van der Waals surface area contributed by atoms with Gasteiger partial charge in [0.15, 0.2) is 0 Å². The Morgan fingerprint density at radius 1 is 1.44 bits per heavy atom. The Balaban J connectivity index is 2.55. The summed E-state index contributed by atoms with van der Waals surface area (Å²) in [7, 11) is 0. The zero-order valence-corrected chi connectivity index (χ0v) is 11.0. The van der Waals surface area contributed by atoms with Crippen LogP contribution in [0.5, 0.6) is 0 Å². The topological polar surface area (TPSA) is 75.7 Å². The largest absolute Gasteiger partial charge is 0.464 e. The summed E-state index contributed by atoms with van der Waals surface area (Å²) >= 11 is 5.40. The van der Waals surface area contributed by atoms with E-state index in [-0.39, 0.29) is 18.9 Å². The zero-order chi connectivity index (χ0) is 13.5. The minimum Gasteiger partial charge on any atom is -0.464 e. The molecular formula is C11H17ClN2O4. The Hall–Kier alpha value is -1.30. The molecule has 18 heavy (non-hydrogen) atoms. The number of nitrogens with zero attached hydrogens (tertiary/aromatic N) is 1. The number of alkyl halides is 1. The summed E-state index contributed by atoms with van der Waals surface area (Å²) in [4.78, 5) is 36.0. The first-order valence-electron chi connectivity index (χ1n) is 5.93. The van der Waals surface area contributed by atoms with Crippen molar-refractivity contribution in [1.82, 2.24) is 10.2 Å². The van der Waals surface area contributed by atoms with Gasteiger partial charge in [-0.1, -0.05) is 0 Å². The lowest BCUT2D eigenvalue weighted by atomic mass is 10.2. The first kappa shape index (κ1) is 14.8. The van der Waals surface area contributed by atoms with E-state index in [0.717, 1.165) is 6.42 Å². The SMILES string of the molecule is CCOC(=O)C1CCCN1C(=O)NC(=O)CCCl. The normalized spacial score (nSPS) is 18.6. The summed E-state index contributed by atoms with van der Waals surface area (Å²) in [5, 5.41) is 2.21. The van der Waals surface area contributed by atoms with Gasteiger partial charge >= 0.3 is 12.0 Å². The second kappa shape index (κ2) is 7.20. The first-order valence-corrected chi connectivity index (χ1v) is 6.46. The van der Waals surface area contributed by atoms with Gasteiger partial charge in [0.1, 0.15) is 6.04 Å². The fourth-order valence-electron chi connectivity index (χ4n) is 1.83. The van der Waals surface area contributed by atoms with Gasteiger partial charge in [-0.3, -0.25) is 10.1 Å². The third kappa shape index (κ3) is 3.87. The van der Waals surface area contributed by atoms with E-state index in [0.29, 0.717) is 13.0 Å². The number of carbonyl (C=O) groups is 3. The molecule has 1 aliphatic heterocycles. The second-order valence-electron chi connectivity index (χ2n) is 3.90. The van der Waals surface area contributed by atoms with E-state index in [1.807, 2.05) is 0 Å². The first-order chi connectivity index (χ1) is 8.60. The van der Waals surface area contributed by atoms with Gasteiger partial charge in [-0.05, 0) is 19.8 Å². The Morgan fingerprint density at radius 2 is 2.17 bits per heavy atom. The smallest absolute Gasteiger partial charge is 0.328 e. The summed E-state index contributed by atoms with van der Waals surface area (Å²) in [6, 6.07) is -1.14. The lowest BCUT2D eigenvalue weighted by Crippen LogP contribution is -2.48. The maximum Gasteiger partial charge on any atom is 0.328 e. The van der Waals surface area contributed by atoms with Crippen LogP contribution in [0, 0.1) is 0 Å². The summed E-state index contributed by atoms with van der Waals surface area (Å²) in [6.07, 6.45) is 1.36. The summed E-state index contributed by atoms with van der Waals surface area (Å²) in [5.41, 5.74) is 0. The molecular weight excluding hydrogens is 260 g/mol. The number of hydrogen-bond donors (Lipinski definition) is 1. The Morgan fingerprint density at radius 3 is 2.78 bits per heavy atom. The van der Waals surface area contributed by atoms with E-state index in [2.05, 4.69) is 5.32 Å². The number of nitrogens with one attached hydrogen (secondary N) is 1. The molecule has 1 unspecified atom stereocenters. The lowest BCUT2D eigenvalue weighted by Gasteiger charge is -2.22. The van der Waals surface area contributed by atoms with Crippen LogP contribution >= 0.6 is 11.6 Å². The summed E-state index contributed by atoms with van der Waals surface area (Å²) < 4.78 is 4.89. The van der Waals surface area contributed by atoms with Crippen LogP contribution in [0.1, 0.15) is 26.2 Å². The number of hydrogen-bond acceptors (Lipinski definition) is 4. The third-order valence-corrected chi connectivity index (χ3v) is 2.83. The van der Waals surface area contributed by atoms with Gasteiger partial charge in [-0.25, -0.2) is 9.59 Å². The zero-order valence-electron chi connectivity index (χ0n) is 10.3. The fourth-order valence-corrected chi connectivity index (χ4v) is 2.00. The van der Waals surface area contributed by atoms with E-state index < -0.39 is 23.9 Å². The molecule has 0 aliphatic carbocycles. The number of halogens is 1. The van der Waals surface area contributed by atoms with Crippen LogP contribution in [-0.2, 0) is 14.3 Å². The molecule has 0 aromatic rings. The molecule has 1 heterocycles. The summed E-state index contributed by atoms with van der Waals surface area (Å²) in [5.74, 6) is -0.708. The maximum absolute atomic E-state index is 11.8. The average Bonchev–Trinajstić information content (AvgIpc) is 2.78. The predicted molar refractivity (Wildman–Crippen MR) is 65.2 cm³/mol. The minimum atomic E-state index is -0.589. The highest BCUT2D eigenvalue weighted by Gasteiger charge is 2.35. The standard InChI is InChI=1S/C11H17ClN2O4/c1-2-18-10(16)8-4-3-7-14(8)11(17)13-9(15)5-6-12/h8H,2-7H2,1H3,(H,13,15,17). The molecule has 1 rings (SSSR count). The van der Waals surface area contributed by atoms with Gasteiger partial charge in [-0.15, -0.1) is 11.6 Å². The van der Waals surface area contributed by atoms with Gasteiger partial charge < -0.3 is 9.64 Å². The molecule has 1 atom stereocenters. The molecule has 0 aromatic carbocycles. The number of esters is 1. The quantitative estimate of drug-likeness (QED) is 0.611. The van der Waals surface area contributed by atoms with Crippen LogP contribution in [0.2, 0.25) is 0 Å². The molecule has 1 aliphatic rings. The molecule has 1 N–H and O–H groups in total. The van der Waals surface area contributed by atoms with Gasteiger partial charge in [-0.2, -0.15) is 0 Å². The van der Waals surface area contributed by atoms with Crippen molar-refractivity contribution in [3.05, 3.63) is 0 Å². The maximum atomic E-state index is 11.8. The lowest BCUT2D eigenvalue weighted by molar-refractivity contribution is -0.147. The molecule has 0 aromatic heterocycles. The summed E-state index contributed by atoms with van der Waals surface area (Å²) in [6.45, 7) is 2.43. The second-order valence-corrected chi connectivity index (χ2v) is 4.27. The van der Waals surface area contributed by atoms with Gasteiger partial charge in [0.2, 0.25) is 5.91 Å². The molecule has 0 bridgehead atoms. The monoisotopic (exact) mass is 276 g/mol. The number of amides is 3. The molecule has 0 radical (unpaired) electrons. The Bertz CT molecular complexity index is 335. The number of ether oxygens (including phenoxy) is 1. The highest BCUT2D eigenvalue weighted by molar-refractivity contribution is 6.19. The molecule has 1 fully saturated rings. The number of carbonyl (C=O) groups excluding carboxylic acids is 3. The van der Waals surface area contributed by atoms with Crippen molar-refractivity contribution in [3.63, 3.8) is 0 Å². The Kier molecular flexibility index (Phi) is 5.91. The fraction of sp³-hybridized carbons (Fsp3) is 0.727. The third-order valence-electron chi connectivity index (χ3n) is 2.64. The molecule has 6 nitrogen and oxygen atoms in total. The molecule has 7 heteroatoms. The van der Waals surface area contributed by atoms with E-state index in [1.54, 1.807) is 6.92 Å². The number of rotatable bonds is 4.